The highest BCUT2D eigenvalue weighted by Gasteiger charge is 2.21. The molecule has 22 heavy (non-hydrogen) atoms. The predicted molar refractivity (Wildman–Crippen MR) is 93.3 cm³/mol. The number of benzene rings is 1. The number of nitrogens with one attached hydrogen (secondary N) is 1. The van der Waals surface area contributed by atoms with Crippen LogP contribution >= 0.6 is 11.8 Å². The van der Waals surface area contributed by atoms with E-state index < -0.39 is 0 Å². The molecule has 0 aliphatic carbocycles. The Bertz CT molecular complexity index is 468. The van der Waals surface area contributed by atoms with Crippen molar-refractivity contribution in [2.75, 3.05) is 25.2 Å². The van der Waals surface area contributed by atoms with E-state index in [4.69, 9.17) is 9.47 Å². The Morgan fingerprint density at radius 2 is 2.05 bits per heavy atom. The van der Waals surface area contributed by atoms with Gasteiger partial charge in [-0.3, -0.25) is 0 Å². The molecule has 0 bridgehead atoms. The normalized spacial score (nSPS) is 23.2. The number of methoxy groups -OCH3 is 1. The first-order chi connectivity index (χ1) is 10.9. The van der Waals surface area contributed by atoms with Crippen LogP contribution in [-0.2, 0) is 6.42 Å². The van der Waals surface area contributed by atoms with Crippen LogP contribution < -0.4 is 14.8 Å². The van der Waals surface area contributed by atoms with E-state index in [9.17, 15) is 0 Å². The number of ether oxygens (including phenoxy) is 2. The number of para-hydroxylation sites is 1. The van der Waals surface area contributed by atoms with Gasteiger partial charge in [0.25, 0.3) is 0 Å². The summed E-state index contributed by atoms with van der Waals surface area (Å²) in [5, 5.41) is 3.64. The maximum absolute atomic E-state index is 6.38. The fraction of sp³-hybridized carbons (Fsp3) is 0.667. The SMILES string of the molecule is COc1cccc(CC2CCCCN2)c1OC1CCSCC1. The summed E-state index contributed by atoms with van der Waals surface area (Å²) >= 11 is 2.03. The monoisotopic (exact) mass is 321 g/mol. The fourth-order valence-corrected chi connectivity index (χ4v) is 4.40. The van der Waals surface area contributed by atoms with Crippen molar-refractivity contribution < 1.29 is 9.47 Å². The molecule has 2 aliphatic rings. The van der Waals surface area contributed by atoms with Gasteiger partial charge in [0.2, 0.25) is 0 Å². The molecule has 3 nitrogen and oxygen atoms in total. The van der Waals surface area contributed by atoms with Crippen LogP contribution in [0.1, 0.15) is 37.7 Å². The minimum absolute atomic E-state index is 0.343. The maximum atomic E-state index is 6.38. The van der Waals surface area contributed by atoms with Gasteiger partial charge in [-0.05, 0) is 61.8 Å². The quantitative estimate of drug-likeness (QED) is 0.896. The largest absolute Gasteiger partial charge is 0.493 e. The third kappa shape index (κ3) is 4.11. The molecule has 1 unspecified atom stereocenters. The Labute approximate surface area is 138 Å². The van der Waals surface area contributed by atoms with E-state index in [1.165, 1.54) is 36.3 Å². The molecule has 1 aromatic rings. The van der Waals surface area contributed by atoms with Crippen molar-refractivity contribution in [1.29, 1.82) is 0 Å². The highest BCUT2D eigenvalue weighted by molar-refractivity contribution is 7.99. The van der Waals surface area contributed by atoms with Gasteiger partial charge in [0, 0.05) is 6.04 Å². The summed E-state index contributed by atoms with van der Waals surface area (Å²) < 4.78 is 11.9. The number of hydrogen-bond acceptors (Lipinski definition) is 4. The molecular formula is C18H27NO2S. The minimum atomic E-state index is 0.343. The first-order valence-electron chi connectivity index (χ1n) is 8.50. The molecule has 4 heteroatoms. The highest BCUT2D eigenvalue weighted by Crippen LogP contribution is 2.35. The van der Waals surface area contributed by atoms with Crippen LogP contribution in [0.5, 0.6) is 11.5 Å². The lowest BCUT2D eigenvalue weighted by Gasteiger charge is -2.27. The fourth-order valence-electron chi connectivity index (χ4n) is 3.34. The van der Waals surface area contributed by atoms with E-state index >= 15 is 0 Å². The van der Waals surface area contributed by atoms with Gasteiger partial charge in [0.15, 0.2) is 11.5 Å². The molecule has 3 rings (SSSR count). The summed E-state index contributed by atoms with van der Waals surface area (Å²) in [6.45, 7) is 1.14. The van der Waals surface area contributed by atoms with Crippen LogP contribution in [0.4, 0.5) is 0 Å². The molecule has 0 amide bonds. The Morgan fingerprint density at radius 3 is 2.77 bits per heavy atom. The van der Waals surface area contributed by atoms with Gasteiger partial charge in [-0.2, -0.15) is 11.8 Å². The molecule has 2 heterocycles. The van der Waals surface area contributed by atoms with Crippen molar-refractivity contribution in [3.63, 3.8) is 0 Å². The zero-order valence-corrected chi connectivity index (χ0v) is 14.3. The van der Waals surface area contributed by atoms with E-state index in [0.717, 1.165) is 37.3 Å². The van der Waals surface area contributed by atoms with E-state index in [0.29, 0.717) is 12.1 Å². The van der Waals surface area contributed by atoms with Crippen LogP contribution in [0.15, 0.2) is 18.2 Å². The lowest BCUT2D eigenvalue weighted by Crippen LogP contribution is -2.35. The van der Waals surface area contributed by atoms with Crippen LogP contribution in [-0.4, -0.2) is 37.3 Å². The summed E-state index contributed by atoms with van der Waals surface area (Å²) in [4.78, 5) is 0. The van der Waals surface area contributed by atoms with E-state index in [1.54, 1.807) is 7.11 Å². The molecule has 0 radical (unpaired) electrons. The van der Waals surface area contributed by atoms with Gasteiger partial charge >= 0.3 is 0 Å². The van der Waals surface area contributed by atoms with E-state index in [-0.39, 0.29) is 0 Å². The zero-order valence-electron chi connectivity index (χ0n) is 13.5. The van der Waals surface area contributed by atoms with Crippen molar-refractivity contribution >= 4 is 11.8 Å². The summed E-state index contributed by atoms with van der Waals surface area (Å²) in [5.41, 5.74) is 1.29. The molecule has 1 aromatic carbocycles. The van der Waals surface area contributed by atoms with Gasteiger partial charge in [0.1, 0.15) is 6.10 Å². The Balaban J connectivity index is 1.75. The summed E-state index contributed by atoms with van der Waals surface area (Å²) in [6, 6.07) is 6.88. The van der Waals surface area contributed by atoms with Gasteiger partial charge in [-0.1, -0.05) is 18.6 Å². The van der Waals surface area contributed by atoms with Crippen molar-refractivity contribution in [3.05, 3.63) is 23.8 Å². The molecule has 0 saturated carbocycles. The number of piperidine rings is 1. The average molecular weight is 321 g/mol. The predicted octanol–water partition coefficient (Wildman–Crippen LogP) is 3.65. The molecule has 2 aliphatic heterocycles. The minimum Gasteiger partial charge on any atom is -0.493 e. The molecular weight excluding hydrogens is 294 g/mol. The second-order valence-electron chi connectivity index (χ2n) is 6.23. The average Bonchev–Trinajstić information content (AvgIpc) is 2.58. The first kappa shape index (κ1) is 16.0. The molecule has 2 fully saturated rings. The lowest BCUT2D eigenvalue weighted by atomic mass is 9.97. The van der Waals surface area contributed by atoms with Crippen LogP contribution in [0.3, 0.4) is 0 Å². The Hall–Kier alpha value is -0.870. The van der Waals surface area contributed by atoms with E-state index in [1.807, 2.05) is 17.8 Å². The summed E-state index contributed by atoms with van der Waals surface area (Å²) in [7, 11) is 1.74. The molecule has 1 N–H and O–H groups in total. The molecule has 0 spiro atoms. The Morgan fingerprint density at radius 1 is 1.18 bits per heavy atom. The van der Waals surface area contributed by atoms with Crippen LogP contribution in [0.25, 0.3) is 0 Å². The van der Waals surface area contributed by atoms with Crippen molar-refractivity contribution in [2.24, 2.45) is 0 Å². The second kappa shape index (κ2) is 8.11. The molecule has 0 aromatic heterocycles. The third-order valence-corrected chi connectivity index (χ3v) is 5.66. The van der Waals surface area contributed by atoms with Gasteiger partial charge in [-0.25, -0.2) is 0 Å². The number of thioether (sulfide) groups is 1. The van der Waals surface area contributed by atoms with Gasteiger partial charge in [-0.15, -0.1) is 0 Å². The smallest absolute Gasteiger partial charge is 0.164 e. The van der Waals surface area contributed by atoms with Crippen LogP contribution in [0, 0.1) is 0 Å². The van der Waals surface area contributed by atoms with Crippen molar-refractivity contribution in [1.82, 2.24) is 5.32 Å². The van der Waals surface area contributed by atoms with Gasteiger partial charge in [0.05, 0.1) is 7.11 Å². The Kier molecular flexibility index (Phi) is 5.90. The third-order valence-electron chi connectivity index (χ3n) is 4.61. The number of hydrogen-bond donors (Lipinski definition) is 1. The lowest BCUT2D eigenvalue weighted by molar-refractivity contribution is 0.182. The maximum Gasteiger partial charge on any atom is 0.164 e. The van der Waals surface area contributed by atoms with Crippen LogP contribution in [0.2, 0.25) is 0 Å². The van der Waals surface area contributed by atoms with Crippen molar-refractivity contribution in [2.45, 2.75) is 50.7 Å². The van der Waals surface area contributed by atoms with Gasteiger partial charge < -0.3 is 14.8 Å². The standard InChI is InChI=1S/C18H27NO2S/c1-20-17-7-4-5-14(13-15-6-2-3-10-19-15)18(17)21-16-8-11-22-12-9-16/h4-5,7,15-16,19H,2-3,6,8-13H2,1H3. The first-order valence-corrected chi connectivity index (χ1v) is 9.66. The second-order valence-corrected chi connectivity index (χ2v) is 7.45. The van der Waals surface area contributed by atoms with E-state index in [2.05, 4.69) is 17.4 Å². The number of rotatable bonds is 5. The summed E-state index contributed by atoms with van der Waals surface area (Å²) in [6.07, 6.45) is 7.56. The molecule has 1 atom stereocenters. The highest BCUT2D eigenvalue weighted by atomic mass is 32.2. The van der Waals surface area contributed by atoms with Crippen molar-refractivity contribution in [3.8, 4) is 11.5 Å². The topological polar surface area (TPSA) is 30.5 Å². The molecule has 122 valence electrons. The zero-order chi connectivity index (χ0) is 15.2. The summed E-state index contributed by atoms with van der Waals surface area (Å²) in [5.74, 6) is 4.28. The molecule has 2 saturated heterocycles.